The fourth-order valence-corrected chi connectivity index (χ4v) is 1.55. The molecule has 0 saturated heterocycles. The molecule has 4 nitrogen and oxygen atoms in total. The number of rotatable bonds is 1. The van der Waals surface area contributed by atoms with Gasteiger partial charge in [0, 0.05) is 0 Å². The van der Waals surface area contributed by atoms with E-state index in [1.165, 1.54) is 12.3 Å². The first-order valence-corrected chi connectivity index (χ1v) is 4.49. The van der Waals surface area contributed by atoms with Gasteiger partial charge in [0.2, 0.25) is 6.79 Å². The summed E-state index contributed by atoms with van der Waals surface area (Å²) in [5, 5.41) is 0. The van der Waals surface area contributed by atoms with Crippen LogP contribution in [0.2, 0.25) is 0 Å². The van der Waals surface area contributed by atoms with E-state index in [1.54, 1.807) is 12.1 Å². The Bertz CT molecular complexity index is 470. The van der Waals surface area contributed by atoms with Crippen molar-refractivity contribution >= 4 is 5.76 Å². The first kappa shape index (κ1) is 9.26. The fraction of sp³-hybridized carbons (Fsp3) is 0.200. The molecule has 0 aromatic heterocycles. The second-order valence-corrected chi connectivity index (χ2v) is 3.21. The summed E-state index contributed by atoms with van der Waals surface area (Å²) in [6.07, 6.45) is -2.28. The van der Waals surface area contributed by atoms with Crippen LogP contribution in [0, 0.1) is 0 Å². The van der Waals surface area contributed by atoms with E-state index in [0.29, 0.717) is 11.3 Å². The molecule has 0 radical (unpaired) electrons. The molecule has 0 unspecified atom stereocenters. The molecular weight excluding hydrogens is 222 g/mol. The Morgan fingerprint density at radius 2 is 2.06 bits per heavy atom. The molecule has 2 aliphatic rings. The van der Waals surface area contributed by atoms with Crippen LogP contribution in [0.3, 0.4) is 0 Å². The molecule has 2 aliphatic heterocycles. The number of hydrogen-bond acceptors (Lipinski definition) is 4. The Hall–Kier alpha value is -1.98. The lowest BCUT2D eigenvalue weighted by molar-refractivity contribution is -0.286. The normalized spacial score (nSPS) is 20.0. The van der Waals surface area contributed by atoms with Crippen LogP contribution in [0.25, 0.3) is 5.76 Å². The molecule has 16 heavy (non-hydrogen) atoms. The molecule has 0 atom stereocenters. The molecule has 1 aromatic rings. The highest BCUT2D eigenvalue weighted by Crippen LogP contribution is 2.45. The molecule has 0 amide bonds. The molecule has 0 aliphatic carbocycles. The number of fused-ring (bicyclic) bond motifs is 1. The zero-order valence-corrected chi connectivity index (χ0v) is 7.91. The van der Waals surface area contributed by atoms with Crippen LogP contribution in [0.4, 0.5) is 8.78 Å². The van der Waals surface area contributed by atoms with E-state index in [9.17, 15) is 8.78 Å². The fourth-order valence-electron chi connectivity index (χ4n) is 1.55. The molecular formula is C10H6F2O4. The van der Waals surface area contributed by atoms with E-state index in [2.05, 4.69) is 9.47 Å². The zero-order chi connectivity index (χ0) is 11.2. The maximum absolute atomic E-state index is 12.9. The van der Waals surface area contributed by atoms with Gasteiger partial charge in [0.1, 0.15) is 6.26 Å². The summed E-state index contributed by atoms with van der Waals surface area (Å²) < 4.78 is 44.4. The van der Waals surface area contributed by atoms with E-state index >= 15 is 0 Å². The van der Waals surface area contributed by atoms with Gasteiger partial charge in [-0.1, -0.05) is 6.07 Å². The van der Waals surface area contributed by atoms with Crippen LogP contribution < -0.4 is 9.47 Å². The Kier molecular flexibility index (Phi) is 1.74. The molecule has 84 valence electrons. The summed E-state index contributed by atoms with van der Waals surface area (Å²) in [4.78, 5) is 0. The van der Waals surface area contributed by atoms with Crippen LogP contribution in [0.5, 0.6) is 11.5 Å². The summed E-state index contributed by atoms with van der Waals surface area (Å²) >= 11 is 0. The lowest BCUT2D eigenvalue weighted by Gasteiger charge is -2.06. The Balaban J connectivity index is 2.06. The van der Waals surface area contributed by atoms with Gasteiger partial charge < -0.3 is 18.9 Å². The number of ether oxygens (including phenoxy) is 4. The van der Waals surface area contributed by atoms with Gasteiger partial charge in [0.05, 0.1) is 5.56 Å². The number of halogens is 2. The predicted molar refractivity (Wildman–Crippen MR) is 47.7 cm³/mol. The molecule has 3 rings (SSSR count). The van der Waals surface area contributed by atoms with Crippen LogP contribution >= 0.6 is 0 Å². The van der Waals surface area contributed by atoms with Crippen molar-refractivity contribution in [1.29, 1.82) is 0 Å². The van der Waals surface area contributed by atoms with E-state index in [-0.39, 0.29) is 18.3 Å². The Morgan fingerprint density at radius 3 is 2.81 bits per heavy atom. The molecule has 0 fully saturated rings. The molecule has 0 bridgehead atoms. The number of benzene rings is 1. The summed E-state index contributed by atoms with van der Waals surface area (Å²) in [6.45, 7) is 0.0657. The van der Waals surface area contributed by atoms with Crippen molar-refractivity contribution < 1.29 is 27.7 Å². The lowest BCUT2D eigenvalue weighted by atomic mass is 10.1. The molecule has 6 heteroatoms. The Labute approximate surface area is 89.0 Å². The van der Waals surface area contributed by atoms with E-state index in [1.807, 2.05) is 0 Å². The monoisotopic (exact) mass is 228 g/mol. The van der Waals surface area contributed by atoms with Gasteiger partial charge in [-0.2, -0.15) is 0 Å². The smallest absolute Gasteiger partial charge is 0.461 e. The zero-order valence-electron chi connectivity index (χ0n) is 7.91. The minimum atomic E-state index is -3.63. The van der Waals surface area contributed by atoms with Gasteiger partial charge in [-0.25, -0.2) is 0 Å². The van der Waals surface area contributed by atoms with Gasteiger partial charge in [0.25, 0.3) is 0 Å². The summed E-state index contributed by atoms with van der Waals surface area (Å²) in [7, 11) is 0. The minimum Gasteiger partial charge on any atom is -0.461 e. The first-order chi connectivity index (χ1) is 7.66. The maximum Gasteiger partial charge on any atom is 0.586 e. The predicted octanol–water partition coefficient (Wildman–Crippen LogP) is 2.31. The van der Waals surface area contributed by atoms with Gasteiger partial charge in [-0.3, -0.25) is 0 Å². The number of alkyl halides is 2. The van der Waals surface area contributed by atoms with Crippen LogP contribution in [-0.2, 0) is 9.47 Å². The largest absolute Gasteiger partial charge is 0.586 e. The molecule has 0 N–H and O–H groups in total. The van der Waals surface area contributed by atoms with Crippen molar-refractivity contribution in [3.63, 3.8) is 0 Å². The van der Waals surface area contributed by atoms with Gasteiger partial charge in [0.15, 0.2) is 17.3 Å². The Morgan fingerprint density at radius 1 is 1.19 bits per heavy atom. The highest BCUT2D eigenvalue weighted by molar-refractivity contribution is 5.69. The molecule has 0 spiro atoms. The summed E-state index contributed by atoms with van der Waals surface area (Å²) in [5.41, 5.74) is 0.382. The first-order valence-electron chi connectivity index (χ1n) is 4.49. The average molecular weight is 228 g/mol. The highest BCUT2D eigenvalue weighted by atomic mass is 19.3. The minimum absolute atomic E-state index is 0.0149. The van der Waals surface area contributed by atoms with E-state index in [0.717, 1.165) is 0 Å². The molecule has 0 saturated carbocycles. The SMILES string of the molecule is FC1(F)Oc2cccc(C3=COCO3)c2O1. The quantitative estimate of drug-likeness (QED) is 0.739. The van der Waals surface area contributed by atoms with Crippen molar-refractivity contribution in [2.24, 2.45) is 0 Å². The van der Waals surface area contributed by atoms with Crippen molar-refractivity contribution in [2.45, 2.75) is 6.29 Å². The summed E-state index contributed by atoms with van der Waals surface area (Å²) in [6, 6.07) is 4.56. The number of para-hydroxylation sites is 1. The maximum atomic E-state index is 12.9. The second-order valence-electron chi connectivity index (χ2n) is 3.21. The average Bonchev–Trinajstić information content (AvgIpc) is 2.80. The third kappa shape index (κ3) is 1.34. The lowest BCUT2D eigenvalue weighted by Crippen LogP contribution is -2.26. The van der Waals surface area contributed by atoms with E-state index in [4.69, 9.17) is 9.47 Å². The third-order valence-corrected chi connectivity index (χ3v) is 2.17. The van der Waals surface area contributed by atoms with Crippen LogP contribution in [0.1, 0.15) is 5.56 Å². The standard InChI is InChI=1S/C10H6F2O4/c11-10(12)15-7-3-1-2-6(9(7)16-10)8-4-13-5-14-8/h1-4H,5H2. The van der Waals surface area contributed by atoms with Crippen LogP contribution in [-0.4, -0.2) is 13.1 Å². The van der Waals surface area contributed by atoms with Crippen molar-refractivity contribution in [1.82, 2.24) is 0 Å². The van der Waals surface area contributed by atoms with E-state index < -0.39 is 6.29 Å². The van der Waals surface area contributed by atoms with Gasteiger partial charge in [-0.15, -0.1) is 8.78 Å². The molecule has 1 aromatic carbocycles. The van der Waals surface area contributed by atoms with Crippen LogP contribution in [0.15, 0.2) is 24.5 Å². The van der Waals surface area contributed by atoms with Crippen molar-refractivity contribution in [2.75, 3.05) is 6.79 Å². The second kappa shape index (κ2) is 3.01. The summed E-state index contributed by atoms with van der Waals surface area (Å²) in [5.74, 6) is 0.293. The molecule has 2 heterocycles. The van der Waals surface area contributed by atoms with Crippen molar-refractivity contribution in [3.05, 3.63) is 30.0 Å². The van der Waals surface area contributed by atoms with Crippen molar-refractivity contribution in [3.8, 4) is 11.5 Å². The van der Waals surface area contributed by atoms with Gasteiger partial charge >= 0.3 is 6.29 Å². The topological polar surface area (TPSA) is 36.9 Å². The number of hydrogen-bond donors (Lipinski definition) is 0. The third-order valence-electron chi connectivity index (χ3n) is 2.17. The van der Waals surface area contributed by atoms with Gasteiger partial charge in [-0.05, 0) is 12.1 Å². The highest BCUT2D eigenvalue weighted by Gasteiger charge is 2.45.